The number of carbonyl (C=O) groups excluding carboxylic acids is 1. The van der Waals surface area contributed by atoms with Crippen LogP contribution in [0.1, 0.15) is 10.4 Å². The molecule has 5 nitrogen and oxygen atoms in total. The molecule has 1 N–H and O–H groups in total. The Balaban J connectivity index is 2.64. The topological polar surface area (TPSA) is 72.0 Å². The molecule has 0 fully saturated rings. The molecule has 2 rings (SSSR count). The fourth-order valence-electron chi connectivity index (χ4n) is 1.30. The molecular weight excluding hydrogens is 196 g/mol. The van der Waals surface area contributed by atoms with Crippen LogP contribution in [0.25, 0.3) is 10.9 Å². The van der Waals surface area contributed by atoms with Gasteiger partial charge in [0, 0.05) is 11.6 Å². The molecule has 76 valence electrons. The third-order valence-electron chi connectivity index (χ3n) is 2.04. The van der Waals surface area contributed by atoms with E-state index in [1.54, 1.807) is 18.2 Å². The first-order chi connectivity index (χ1) is 7.20. The van der Waals surface area contributed by atoms with Gasteiger partial charge in [0.05, 0.1) is 18.2 Å². The largest absolute Gasteiger partial charge is 0.465 e. The van der Waals surface area contributed by atoms with E-state index in [1.807, 2.05) is 0 Å². The second-order valence-corrected chi connectivity index (χ2v) is 2.98. The van der Waals surface area contributed by atoms with Crippen LogP contribution in [-0.2, 0) is 4.74 Å². The van der Waals surface area contributed by atoms with Crippen LogP contribution < -0.4 is 5.69 Å². The molecular formula is C10H8N2O3. The summed E-state index contributed by atoms with van der Waals surface area (Å²) in [6.07, 6.45) is 1.45. The van der Waals surface area contributed by atoms with Crippen molar-refractivity contribution >= 4 is 16.9 Å². The number of H-pyrrole nitrogens is 1. The SMILES string of the molecule is COC(=O)c1ccc2cnc(=O)[nH]c2c1. The monoisotopic (exact) mass is 204 g/mol. The molecule has 0 unspecified atom stereocenters. The van der Waals surface area contributed by atoms with Gasteiger partial charge in [-0.2, -0.15) is 0 Å². The summed E-state index contributed by atoms with van der Waals surface area (Å²) in [5.41, 5.74) is 0.522. The van der Waals surface area contributed by atoms with Crippen LogP contribution in [0.3, 0.4) is 0 Å². The zero-order chi connectivity index (χ0) is 10.8. The molecule has 5 heteroatoms. The Bertz CT molecular complexity index is 574. The number of ether oxygens (including phenoxy) is 1. The number of aromatic nitrogens is 2. The maximum atomic E-state index is 11.2. The van der Waals surface area contributed by atoms with Gasteiger partial charge in [0.2, 0.25) is 0 Å². The highest BCUT2D eigenvalue weighted by molar-refractivity contribution is 5.93. The molecule has 0 radical (unpaired) electrons. The maximum absolute atomic E-state index is 11.2. The van der Waals surface area contributed by atoms with Gasteiger partial charge in [0.15, 0.2) is 0 Å². The zero-order valence-electron chi connectivity index (χ0n) is 7.98. The van der Waals surface area contributed by atoms with Gasteiger partial charge in [-0.15, -0.1) is 0 Å². The molecule has 1 aromatic carbocycles. The molecule has 2 aromatic rings. The predicted molar refractivity (Wildman–Crippen MR) is 53.7 cm³/mol. The van der Waals surface area contributed by atoms with Gasteiger partial charge in [-0.05, 0) is 12.1 Å². The lowest BCUT2D eigenvalue weighted by atomic mass is 10.1. The molecule has 0 bridgehead atoms. The Morgan fingerprint density at radius 3 is 3.00 bits per heavy atom. The van der Waals surface area contributed by atoms with Gasteiger partial charge in [-0.25, -0.2) is 14.6 Å². The summed E-state index contributed by atoms with van der Waals surface area (Å²) in [6.45, 7) is 0. The molecule has 0 aliphatic rings. The molecule has 1 aromatic heterocycles. The highest BCUT2D eigenvalue weighted by Gasteiger charge is 2.05. The number of esters is 1. The highest BCUT2D eigenvalue weighted by atomic mass is 16.5. The summed E-state index contributed by atoms with van der Waals surface area (Å²) in [7, 11) is 1.31. The van der Waals surface area contributed by atoms with Crippen molar-refractivity contribution in [2.24, 2.45) is 0 Å². The van der Waals surface area contributed by atoms with E-state index in [1.165, 1.54) is 13.3 Å². The van der Waals surface area contributed by atoms with E-state index >= 15 is 0 Å². The van der Waals surface area contributed by atoms with Crippen molar-refractivity contribution in [2.45, 2.75) is 0 Å². The minimum Gasteiger partial charge on any atom is -0.465 e. The summed E-state index contributed by atoms with van der Waals surface area (Å²) in [6, 6.07) is 4.88. The number of nitrogens with one attached hydrogen (secondary N) is 1. The normalized spacial score (nSPS) is 10.2. The number of rotatable bonds is 1. The minimum absolute atomic E-state index is 0.395. The number of hydrogen-bond acceptors (Lipinski definition) is 4. The Hall–Kier alpha value is -2.17. The second kappa shape index (κ2) is 3.53. The van der Waals surface area contributed by atoms with Gasteiger partial charge in [0.1, 0.15) is 0 Å². The predicted octanol–water partition coefficient (Wildman–Crippen LogP) is 0.710. The summed E-state index contributed by atoms with van der Waals surface area (Å²) >= 11 is 0. The number of nitrogens with zero attached hydrogens (tertiary/aromatic N) is 1. The smallest absolute Gasteiger partial charge is 0.345 e. The van der Waals surface area contributed by atoms with E-state index in [9.17, 15) is 9.59 Å². The van der Waals surface area contributed by atoms with Crippen LogP contribution in [0.5, 0.6) is 0 Å². The minimum atomic E-state index is -0.440. The molecule has 0 saturated carbocycles. The van der Waals surface area contributed by atoms with Crippen LogP contribution in [0, 0.1) is 0 Å². The molecule has 0 amide bonds. The molecule has 0 aliphatic carbocycles. The molecule has 15 heavy (non-hydrogen) atoms. The lowest BCUT2D eigenvalue weighted by Gasteiger charge is -2.00. The lowest BCUT2D eigenvalue weighted by molar-refractivity contribution is 0.0601. The first-order valence-electron chi connectivity index (χ1n) is 4.28. The maximum Gasteiger partial charge on any atom is 0.345 e. The van der Waals surface area contributed by atoms with E-state index in [4.69, 9.17) is 0 Å². The van der Waals surface area contributed by atoms with Crippen LogP contribution in [0.4, 0.5) is 0 Å². The average molecular weight is 204 g/mol. The number of benzene rings is 1. The summed E-state index contributed by atoms with van der Waals surface area (Å²) < 4.78 is 4.57. The van der Waals surface area contributed by atoms with Crippen molar-refractivity contribution in [3.8, 4) is 0 Å². The van der Waals surface area contributed by atoms with Gasteiger partial charge < -0.3 is 9.72 Å². The summed E-state index contributed by atoms with van der Waals surface area (Å²) in [4.78, 5) is 28.3. The van der Waals surface area contributed by atoms with Crippen molar-refractivity contribution < 1.29 is 9.53 Å². The molecule has 0 saturated heterocycles. The summed E-state index contributed by atoms with van der Waals surface area (Å²) in [5, 5.41) is 0.766. The van der Waals surface area contributed by atoms with Gasteiger partial charge in [0.25, 0.3) is 0 Å². The van der Waals surface area contributed by atoms with E-state index in [0.29, 0.717) is 11.1 Å². The molecule has 1 heterocycles. The van der Waals surface area contributed by atoms with E-state index in [0.717, 1.165) is 5.39 Å². The number of carbonyl (C=O) groups is 1. The Labute approximate surface area is 84.7 Å². The lowest BCUT2D eigenvalue weighted by Crippen LogP contribution is -2.09. The van der Waals surface area contributed by atoms with Crippen molar-refractivity contribution in [1.29, 1.82) is 0 Å². The van der Waals surface area contributed by atoms with Crippen molar-refractivity contribution in [1.82, 2.24) is 9.97 Å². The number of aromatic amines is 1. The quantitative estimate of drug-likeness (QED) is 0.694. The van der Waals surface area contributed by atoms with Gasteiger partial charge >= 0.3 is 11.7 Å². The van der Waals surface area contributed by atoms with Gasteiger partial charge in [-0.3, -0.25) is 0 Å². The van der Waals surface area contributed by atoms with Crippen LogP contribution >= 0.6 is 0 Å². The Morgan fingerprint density at radius 2 is 2.27 bits per heavy atom. The first-order valence-corrected chi connectivity index (χ1v) is 4.28. The average Bonchev–Trinajstić information content (AvgIpc) is 2.27. The van der Waals surface area contributed by atoms with Crippen LogP contribution in [0.2, 0.25) is 0 Å². The first kappa shape index (κ1) is 9.39. The molecule has 0 aliphatic heterocycles. The van der Waals surface area contributed by atoms with E-state index in [2.05, 4.69) is 14.7 Å². The number of fused-ring (bicyclic) bond motifs is 1. The second-order valence-electron chi connectivity index (χ2n) is 2.98. The third kappa shape index (κ3) is 1.71. The van der Waals surface area contributed by atoms with E-state index in [-0.39, 0.29) is 0 Å². The van der Waals surface area contributed by atoms with Crippen molar-refractivity contribution in [3.63, 3.8) is 0 Å². The fraction of sp³-hybridized carbons (Fsp3) is 0.100. The number of hydrogen-bond donors (Lipinski definition) is 1. The fourth-order valence-corrected chi connectivity index (χ4v) is 1.30. The molecule has 0 spiro atoms. The van der Waals surface area contributed by atoms with E-state index < -0.39 is 11.7 Å². The zero-order valence-corrected chi connectivity index (χ0v) is 7.98. The van der Waals surface area contributed by atoms with Gasteiger partial charge in [-0.1, -0.05) is 6.07 Å². The third-order valence-corrected chi connectivity index (χ3v) is 2.04. The summed E-state index contributed by atoms with van der Waals surface area (Å²) in [5.74, 6) is -0.436. The molecule has 0 atom stereocenters. The standard InChI is InChI=1S/C10H8N2O3/c1-15-9(13)6-2-3-7-5-11-10(14)12-8(7)4-6/h2-5H,1H3,(H,11,12,14). The Kier molecular flexibility index (Phi) is 2.21. The Morgan fingerprint density at radius 1 is 1.47 bits per heavy atom. The number of methoxy groups -OCH3 is 1. The highest BCUT2D eigenvalue weighted by Crippen LogP contribution is 2.11. The van der Waals surface area contributed by atoms with Crippen molar-refractivity contribution in [3.05, 3.63) is 40.4 Å². The van der Waals surface area contributed by atoms with Crippen LogP contribution in [0.15, 0.2) is 29.2 Å². The van der Waals surface area contributed by atoms with Crippen molar-refractivity contribution in [2.75, 3.05) is 7.11 Å². The van der Waals surface area contributed by atoms with Crippen LogP contribution in [-0.4, -0.2) is 23.0 Å².